The van der Waals surface area contributed by atoms with Crippen molar-refractivity contribution in [1.29, 1.82) is 0 Å². The molecule has 14 atom stereocenters. The quantitative estimate of drug-likeness (QED) is 0.161. The minimum Gasteiger partial charge on any atom is -0.360 e. The average Bonchev–Trinajstić information content (AvgIpc) is 4.31. The van der Waals surface area contributed by atoms with Crippen LogP contribution in [0, 0.1) is 23.2 Å². The second-order valence-corrected chi connectivity index (χ2v) is 26.5. The number of fused-ring (bicyclic) bond motifs is 14. The van der Waals surface area contributed by atoms with E-state index in [-0.39, 0.29) is 28.8 Å². The predicted octanol–water partition coefficient (Wildman–Crippen LogP) is 15.7. The van der Waals surface area contributed by atoms with Crippen LogP contribution < -0.4 is 15.1 Å². The number of hydrogen-bond acceptors (Lipinski definition) is 7. The van der Waals surface area contributed by atoms with Gasteiger partial charge in [0.05, 0.1) is 18.1 Å². The molecule has 0 bridgehead atoms. The lowest BCUT2D eigenvalue weighted by molar-refractivity contribution is 0.276. The molecule has 6 aromatic rings. The largest absolute Gasteiger partial charge is 0.360 e. The Hall–Kier alpha value is -6.80. The molecule has 6 aromatic carbocycles. The van der Waals surface area contributed by atoms with Crippen molar-refractivity contribution >= 4 is 46.6 Å². The molecule has 0 spiro atoms. The predicted molar refractivity (Wildman–Crippen MR) is 324 cm³/mol. The lowest BCUT2D eigenvalue weighted by atomic mass is 9.62. The standard InChI is InChI=1S/C71H65N5S2/c1-70(55-31-20-34-59-62(55)53-38-39-56-64(66(53)78-59)76(47-27-13-6-14-28-47)60-35-17-18-41-71(56,60)2)42-40-48(54(43-70)69-73-67(44-21-7-3-8-22-44)72-68(74-69)45-23-9-4-10-24-45)50-30-19-33-58-61(50)52-37-36-51-49-29-15-16-32-57(49)75(63(51)65(52)77-58)46-25-11-5-12-26-46/h3-14,17-31,33-40,42,48,51-54,56-57,63-66,69H,15-16,32,41,43H2,1-2H3,(H,72,73,74). The van der Waals surface area contributed by atoms with Gasteiger partial charge < -0.3 is 15.1 Å². The van der Waals surface area contributed by atoms with E-state index in [0.717, 1.165) is 35.6 Å². The van der Waals surface area contributed by atoms with Gasteiger partial charge >= 0.3 is 0 Å². The molecule has 5 aliphatic heterocycles. The number of nitrogens with zero attached hydrogens (tertiary/aromatic N) is 4. The van der Waals surface area contributed by atoms with E-state index in [9.17, 15) is 0 Å². The van der Waals surface area contributed by atoms with Gasteiger partial charge in [-0.3, -0.25) is 0 Å². The molecular weight excluding hydrogens is 987 g/mol. The minimum atomic E-state index is -0.281. The fourth-order valence-electron chi connectivity index (χ4n) is 16.5. The Labute approximate surface area is 468 Å². The second-order valence-electron chi connectivity index (χ2n) is 24.1. The molecule has 16 rings (SSSR count). The van der Waals surface area contributed by atoms with Crippen LogP contribution in [-0.4, -0.2) is 46.5 Å². The van der Waals surface area contributed by atoms with Crippen molar-refractivity contribution in [2.24, 2.45) is 33.2 Å². The van der Waals surface area contributed by atoms with Crippen LogP contribution in [0.25, 0.3) is 0 Å². The van der Waals surface area contributed by atoms with Crippen molar-refractivity contribution in [1.82, 2.24) is 5.32 Å². The van der Waals surface area contributed by atoms with Crippen molar-refractivity contribution in [3.63, 3.8) is 0 Å². The number of benzene rings is 6. The zero-order valence-electron chi connectivity index (χ0n) is 44.4. The monoisotopic (exact) mass is 1050 g/mol. The molecule has 2 saturated heterocycles. The van der Waals surface area contributed by atoms with E-state index in [1.54, 1.807) is 5.57 Å². The highest BCUT2D eigenvalue weighted by atomic mass is 32.2. The molecule has 2 fully saturated rings. The molecule has 7 heteroatoms. The number of anilines is 2. The van der Waals surface area contributed by atoms with Crippen LogP contribution in [0.5, 0.6) is 0 Å². The number of aliphatic imine (C=N–C) groups is 2. The van der Waals surface area contributed by atoms with E-state index in [0.29, 0.717) is 52.3 Å². The SMILES string of the molecule is CC1(c2cccc3c2C2C=CC4C(C2S3)N(c2ccccc2)C2=CC=CCC24C)C=CC(c2cccc3c2C2C=CC4C5=CCCCC5N(c5ccccc5)C4C2S3)C(C2N=C(c3ccccc3)N=C(c3ccccc3)N2)C1. The first-order chi connectivity index (χ1) is 38.4. The van der Waals surface area contributed by atoms with Crippen molar-refractivity contribution < 1.29 is 0 Å². The topological polar surface area (TPSA) is 43.2 Å². The summed E-state index contributed by atoms with van der Waals surface area (Å²) >= 11 is 4.30. The Morgan fingerprint density at radius 1 is 0.628 bits per heavy atom. The Morgan fingerprint density at radius 3 is 2.08 bits per heavy atom. The summed E-state index contributed by atoms with van der Waals surface area (Å²) in [5.74, 6) is 3.31. The molecular formula is C71H65N5S2. The summed E-state index contributed by atoms with van der Waals surface area (Å²) in [5, 5.41) is 4.85. The number of allylic oxidation sites excluding steroid dienone is 9. The highest BCUT2D eigenvalue weighted by Crippen LogP contribution is 2.65. The molecule has 0 radical (unpaired) electrons. The number of rotatable bonds is 7. The number of hydrogen-bond donors (Lipinski definition) is 1. The summed E-state index contributed by atoms with van der Waals surface area (Å²) in [6.07, 6.45) is 31.0. The fraction of sp³-hybridized carbons (Fsp3) is 0.296. The molecule has 0 amide bonds. The summed E-state index contributed by atoms with van der Waals surface area (Å²) in [7, 11) is 0. The molecule has 10 aliphatic rings. The molecule has 5 nitrogen and oxygen atoms in total. The highest BCUT2D eigenvalue weighted by Gasteiger charge is 2.60. The molecule has 1 N–H and O–H groups in total. The van der Waals surface area contributed by atoms with Gasteiger partial charge in [-0.2, -0.15) is 0 Å². The van der Waals surface area contributed by atoms with Gasteiger partial charge in [-0.25, -0.2) is 9.98 Å². The first-order valence-electron chi connectivity index (χ1n) is 28.9. The maximum atomic E-state index is 5.76. The molecule has 5 heterocycles. The van der Waals surface area contributed by atoms with Crippen molar-refractivity contribution in [3.05, 3.63) is 263 Å². The number of amidine groups is 2. The Balaban J connectivity index is 0.820. The first kappa shape index (κ1) is 47.2. The van der Waals surface area contributed by atoms with Crippen molar-refractivity contribution in [2.75, 3.05) is 9.80 Å². The zero-order valence-corrected chi connectivity index (χ0v) is 46.0. The first-order valence-corrected chi connectivity index (χ1v) is 30.6. The number of para-hydroxylation sites is 2. The maximum absolute atomic E-state index is 5.76. The van der Waals surface area contributed by atoms with Gasteiger partial charge in [0.2, 0.25) is 0 Å². The maximum Gasteiger partial charge on any atom is 0.159 e. The van der Waals surface area contributed by atoms with Gasteiger partial charge in [0.1, 0.15) is 12.0 Å². The van der Waals surface area contributed by atoms with Crippen LogP contribution >= 0.6 is 23.5 Å². The average molecular weight is 1050 g/mol. The third-order valence-corrected chi connectivity index (χ3v) is 22.8. The van der Waals surface area contributed by atoms with Gasteiger partial charge in [0.15, 0.2) is 5.84 Å². The summed E-state index contributed by atoms with van der Waals surface area (Å²) in [6, 6.07) is 59.7. The highest BCUT2D eigenvalue weighted by molar-refractivity contribution is 8.00. The van der Waals surface area contributed by atoms with Gasteiger partial charge in [-0.15, -0.1) is 23.5 Å². The third-order valence-electron chi connectivity index (χ3n) is 19.9. The molecule has 386 valence electrons. The van der Waals surface area contributed by atoms with E-state index in [2.05, 4.69) is 271 Å². The van der Waals surface area contributed by atoms with Crippen molar-refractivity contribution in [3.8, 4) is 0 Å². The molecule has 0 saturated carbocycles. The lowest BCUT2D eigenvalue weighted by Crippen LogP contribution is -2.48. The number of nitrogens with one attached hydrogen (secondary N) is 1. The van der Waals surface area contributed by atoms with Gasteiger partial charge in [0, 0.05) is 94.8 Å². The van der Waals surface area contributed by atoms with Crippen LogP contribution in [0.3, 0.4) is 0 Å². The van der Waals surface area contributed by atoms with E-state index >= 15 is 0 Å². The van der Waals surface area contributed by atoms with Gasteiger partial charge in [-0.1, -0.05) is 190 Å². The second kappa shape index (κ2) is 18.4. The summed E-state index contributed by atoms with van der Waals surface area (Å²) in [5.41, 5.74) is 13.7. The molecule has 14 unspecified atom stereocenters. The minimum absolute atomic E-state index is 0.0445. The van der Waals surface area contributed by atoms with Gasteiger partial charge in [-0.05, 0) is 102 Å². The van der Waals surface area contributed by atoms with Crippen LogP contribution in [0.2, 0.25) is 0 Å². The Bertz CT molecular complexity index is 3620. The normalized spacial score (nSPS) is 34.2. The zero-order chi connectivity index (χ0) is 51.7. The lowest BCUT2D eigenvalue weighted by Gasteiger charge is -2.44. The molecule has 78 heavy (non-hydrogen) atoms. The van der Waals surface area contributed by atoms with Crippen LogP contribution in [0.15, 0.2) is 250 Å². The smallest absolute Gasteiger partial charge is 0.159 e. The van der Waals surface area contributed by atoms with E-state index in [4.69, 9.17) is 9.98 Å². The van der Waals surface area contributed by atoms with E-state index in [1.165, 1.54) is 68.4 Å². The third kappa shape index (κ3) is 7.22. The molecule has 0 aromatic heterocycles. The van der Waals surface area contributed by atoms with Crippen molar-refractivity contribution in [2.45, 2.75) is 114 Å². The van der Waals surface area contributed by atoms with E-state index < -0.39 is 0 Å². The number of thioether (sulfide) groups is 2. The summed E-state index contributed by atoms with van der Waals surface area (Å²) in [6.45, 7) is 5.07. The van der Waals surface area contributed by atoms with E-state index in [1.807, 2.05) is 0 Å². The van der Waals surface area contributed by atoms with Crippen LogP contribution in [0.4, 0.5) is 11.4 Å². The fourth-order valence-corrected chi connectivity index (χ4v) is 19.8. The summed E-state index contributed by atoms with van der Waals surface area (Å²) in [4.78, 5) is 19.6. The van der Waals surface area contributed by atoms with Crippen LogP contribution in [0.1, 0.15) is 97.1 Å². The summed E-state index contributed by atoms with van der Waals surface area (Å²) < 4.78 is 0. The Morgan fingerprint density at radius 2 is 1.29 bits per heavy atom. The molecule has 5 aliphatic carbocycles. The Kier molecular flexibility index (Phi) is 11.1. The van der Waals surface area contributed by atoms with Gasteiger partial charge in [0.25, 0.3) is 0 Å². The van der Waals surface area contributed by atoms with Crippen LogP contribution in [-0.2, 0) is 5.41 Å².